The maximum atomic E-state index is 12.6. The monoisotopic (exact) mass is 222 g/mol. The maximum absolute atomic E-state index is 12.6. The second-order valence-electron chi connectivity index (χ2n) is 4.09. The van der Waals surface area contributed by atoms with Crippen molar-refractivity contribution in [3.8, 4) is 6.07 Å². The van der Waals surface area contributed by atoms with Crippen LogP contribution in [0.2, 0.25) is 0 Å². The Morgan fingerprint density at radius 2 is 2.00 bits per heavy atom. The second-order valence-corrected chi connectivity index (χ2v) is 4.09. The van der Waals surface area contributed by atoms with Crippen LogP contribution in [0.1, 0.15) is 11.1 Å². The van der Waals surface area contributed by atoms with Gasteiger partial charge in [-0.15, -0.1) is 0 Å². The zero-order valence-electron chi connectivity index (χ0n) is 8.79. The van der Waals surface area contributed by atoms with Gasteiger partial charge >= 0.3 is 0 Å². The van der Waals surface area contributed by atoms with Gasteiger partial charge in [0.2, 0.25) is 0 Å². The molecule has 2 nitrogen and oxygen atoms in total. The van der Waals surface area contributed by atoms with Crippen LogP contribution >= 0.6 is 0 Å². The van der Waals surface area contributed by atoms with Gasteiger partial charge < -0.3 is 0 Å². The number of hydrogen-bond acceptors (Lipinski definition) is 2. The number of hydrogen-bond donors (Lipinski definition) is 0. The Morgan fingerprint density at radius 3 is 2.62 bits per heavy atom. The first-order chi connectivity index (χ1) is 7.61. The molecule has 0 aromatic heterocycles. The summed E-state index contributed by atoms with van der Waals surface area (Å²) in [7, 11) is 0. The van der Waals surface area contributed by atoms with Crippen molar-refractivity contribution in [1.29, 1.82) is 5.26 Å². The predicted molar refractivity (Wildman–Crippen MR) is 56.2 cm³/mol. The van der Waals surface area contributed by atoms with Crippen LogP contribution in [-0.4, -0.2) is 30.5 Å². The van der Waals surface area contributed by atoms with E-state index in [4.69, 9.17) is 5.26 Å². The molecule has 0 amide bonds. The number of rotatable bonds is 3. The van der Waals surface area contributed by atoms with Crippen LogP contribution in [0.5, 0.6) is 0 Å². The molecule has 1 fully saturated rings. The van der Waals surface area contributed by atoms with Crippen molar-refractivity contribution in [2.24, 2.45) is 0 Å². The van der Waals surface area contributed by atoms with Gasteiger partial charge in [0.25, 0.3) is 5.92 Å². The average molecular weight is 222 g/mol. The number of nitriles is 1. The summed E-state index contributed by atoms with van der Waals surface area (Å²) in [6, 6.07) is 9.39. The summed E-state index contributed by atoms with van der Waals surface area (Å²) >= 11 is 0. The molecule has 1 aromatic rings. The third-order valence-electron chi connectivity index (χ3n) is 2.75. The van der Waals surface area contributed by atoms with Crippen LogP contribution in [0.4, 0.5) is 8.78 Å². The highest BCUT2D eigenvalue weighted by molar-refractivity contribution is 5.37. The van der Waals surface area contributed by atoms with Crippen molar-refractivity contribution in [2.75, 3.05) is 19.6 Å². The Kier molecular flexibility index (Phi) is 2.88. The summed E-state index contributed by atoms with van der Waals surface area (Å²) < 4.78 is 25.1. The van der Waals surface area contributed by atoms with Crippen LogP contribution in [0.25, 0.3) is 0 Å². The van der Waals surface area contributed by atoms with Gasteiger partial charge in [0, 0.05) is 6.54 Å². The highest BCUT2D eigenvalue weighted by Crippen LogP contribution is 2.26. The minimum atomic E-state index is -2.51. The lowest BCUT2D eigenvalue weighted by molar-refractivity contribution is -0.129. The Morgan fingerprint density at radius 1 is 1.31 bits per heavy atom. The van der Waals surface area contributed by atoms with Crippen LogP contribution in [0.3, 0.4) is 0 Å². The van der Waals surface area contributed by atoms with Gasteiger partial charge in [-0.25, -0.2) is 8.78 Å². The molecule has 2 rings (SSSR count). The fraction of sp³-hybridized carbons (Fsp3) is 0.417. The zero-order chi connectivity index (χ0) is 11.6. The van der Waals surface area contributed by atoms with Crippen molar-refractivity contribution in [2.45, 2.75) is 12.3 Å². The maximum Gasteiger partial charge on any atom is 0.272 e. The molecule has 1 saturated heterocycles. The molecule has 1 aliphatic rings. The van der Waals surface area contributed by atoms with Crippen molar-refractivity contribution in [1.82, 2.24) is 4.90 Å². The van der Waals surface area contributed by atoms with Gasteiger partial charge in [-0.1, -0.05) is 18.2 Å². The minimum absolute atomic E-state index is 0.151. The van der Waals surface area contributed by atoms with Crippen molar-refractivity contribution in [3.63, 3.8) is 0 Å². The Bertz CT molecular complexity index is 415. The Labute approximate surface area is 93.1 Å². The van der Waals surface area contributed by atoms with Crippen molar-refractivity contribution < 1.29 is 8.78 Å². The van der Waals surface area contributed by atoms with Crippen LogP contribution in [0, 0.1) is 11.3 Å². The van der Waals surface area contributed by atoms with Gasteiger partial charge in [0.05, 0.1) is 24.7 Å². The summed E-state index contributed by atoms with van der Waals surface area (Å²) in [4.78, 5) is 1.70. The molecule has 0 spiro atoms. The van der Waals surface area contributed by atoms with Crippen LogP contribution < -0.4 is 0 Å². The van der Waals surface area contributed by atoms with E-state index >= 15 is 0 Å². The van der Waals surface area contributed by atoms with Gasteiger partial charge in [-0.2, -0.15) is 5.26 Å². The molecule has 1 aromatic carbocycles. The van der Waals surface area contributed by atoms with E-state index in [9.17, 15) is 8.78 Å². The fourth-order valence-electron chi connectivity index (χ4n) is 1.89. The molecular formula is C12H12F2N2. The van der Waals surface area contributed by atoms with Crippen molar-refractivity contribution in [3.05, 3.63) is 35.4 Å². The lowest BCUT2D eigenvalue weighted by atomic mass is 10.0. The van der Waals surface area contributed by atoms with E-state index < -0.39 is 5.92 Å². The van der Waals surface area contributed by atoms with Gasteiger partial charge in [-0.05, 0) is 18.1 Å². The number of halogens is 2. The minimum Gasteiger partial charge on any atom is -0.291 e. The van der Waals surface area contributed by atoms with Gasteiger partial charge in [0.15, 0.2) is 0 Å². The van der Waals surface area contributed by atoms with Gasteiger partial charge in [0.1, 0.15) is 0 Å². The largest absolute Gasteiger partial charge is 0.291 e. The number of benzene rings is 1. The highest BCUT2D eigenvalue weighted by Gasteiger charge is 2.43. The van der Waals surface area contributed by atoms with E-state index in [2.05, 4.69) is 6.07 Å². The third-order valence-corrected chi connectivity index (χ3v) is 2.75. The lowest BCUT2D eigenvalue weighted by Gasteiger charge is -2.38. The molecule has 1 heterocycles. The number of nitrogens with zero attached hydrogens (tertiary/aromatic N) is 2. The predicted octanol–water partition coefficient (Wildman–Crippen LogP) is 2.05. The first-order valence-corrected chi connectivity index (χ1v) is 5.19. The van der Waals surface area contributed by atoms with Crippen molar-refractivity contribution >= 4 is 0 Å². The van der Waals surface area contributed by atoms with Crippen LogP contribution in [0.15, 0.2) is 24.3 Å². The molecule has 0 aliphatic carbocycles. The molecule has 0 atom stereocenters. The molecule has 84 valence electrons. The fourth-order valence-corrected chi connectivity index (χ4v) is 1.89. The molecule has 0 saturated carbocycles. The highest BCUT2D eigenvalue weighted by atomic mass is 19.3. The first-order valence-electron chi connectivity index (χ1n) is 5.19. The normalized spacial score (nSPS) is 18.8. The molecule has 4 heteroatoms. The molecule has 0 N–H and O–H groups in total. The standard InChI is InChI=1S/C12H12F2N2/c13-12(14)8-16(9-12)6-5-10-3-1-2-4-11(10)7-15/h1-4H,5-6,8-9H2. The summed E-state index contributed by atoms with van der Waals surface area (Å²) in [6.45, 7) is 0.289. The van der Waals surface area contributed by atoms with Crippen LogP contribution in [-0.2, 0) is 6.42 Å². The molecule has 1 aliphatic heterocycles. The average Bonchev–Trinajstić information content (AvgIpc) is 2.23. The quantitative estimate of drug-likeness (QED) is 0.782. The topological polar surface area (TPSA) is 27.0 Å². The Hall–Kier alpha value is -1.47. The van der Waals surface area contributed by atoms with E-state index in [1.807, 2.05) is 12.1 Å². The number of alkyl halides is 2. The van der Waals surface area contributed by atoms with E-state index in [1.54, 1.807) is 17.0 Å². The molecule has 0 bridgehead atoms. The Balaban J connectivity index is 1.89. The summed E-state index contributed by atoms with van der Waals surface area (Å²) in [5.74, 6) is -2.51. The lowest BCUT2D eigenvalue weighted by Crippen LogP contribution is -2.56. The van der Waals surface area contributed by atoms with E-state index in [0.29, 0.717) is 18.5 Å². The smallest absolute Gasteiger partial charge is 0.272 e. The first kappa shape index (κ1) is 11.0. The summed E-state index contributed by atoms with van der Waals surface area (Å²) in [6.07, 6.45) is 0.653. The van der Waals surface area contributed by atoms with Gasteiger partial charge in [-0.3, -0.25) is 4.90 Å². The van der Waals surface area contributed by atoms with E-state index in [-0.39, 0.29) is 13.1 Å². The SMILES string of the molecule is N#Cc1ccccc1CCN1CC(F)(F)C1. The second kappa shape index (κ2) is 4.18. The zero-order valence-corrected chi connectivity index (χ0v) is 8.79. The van der Waals surface area contributed by atoms with E-state index in [1.165, 1.54) is 0 Å². The molecular weight excluding hydrogens is 210 g/mol. The molecule has 16 heavy (non-hydrogen) atoms. The summed E-state index contributed by atoms with van der Waals surface area (Å²) in [5, 5.41) is 8.85. The molecule has 0 radical (unpaired) electrons. The number of likely N-dealkylation sites (tertiary alicyclic amines) is 1. The van der Waals surface area contributed by atoms with E-state index in [0.717, 1.165) is 5.56 Å². The third kappa shape index (κ3) is 2.37. The summed E-state index contributed by atoms with van der Waals surface area (Å²) in [5.41, 5.74) is 1.56. The molecule has 0 unspecified atom stereocenters.